The summed E-state index contributed by atoms with van der Waals surface area (Å²) < 4.78 is 40.6. The Morgan fingerprint density at radius 2 is 1.72 bits per heavy atom. The Labute approximate surface area is 169 Å². The molecule has 0 radical (unpaired) electrons. The summed E-state index contributed by atoms with van der Waals surface area (Å²) in [5, 5.41) is 4.25. The number of aromatic nitrogens is 2. The highest BCUT2D eigenvalue weighted by Crippen LogP contribution is 2.34. The van der Waals surface area contributed by atoms with Gasteiger partial charge in [-0.2, -0.15) is 0 Å². The number of ether oxygens (including phenoxy) is 1. The van der Waals surface area contributed by atoms with Crippen LogP contribution in [0.4, 0.5) is 19.0 Å². The number of nitrogens with zero attached hydrogens (tertiary/aromatic N) is 2. The van der Waals surface area contributed by atoms with E-state index >= 15 is 0 Å². The standard InChI is InChI=1S/C21H16F3N3OS/c22-21(23,24)28-16-8-6-14(7-9-16)10-11-25-19-17-12-18(15-4-2-1-3-5-15)29-20(17)27-13-26-19/h1-9,12-13H,10-11H2,(H,25,26,27). The van der Waals surface area contributed by atoms with Crippen molar-refractivity contribution < 1.29 is 17.9 Å². The van der Waals surface area contributed by atoms with Crippen LogP contribution in [0, 0.1) is 0 Å². The lowest BCUT2D eigenvalue weighted by molar-refractivity contribution is -0.274. The normalized spacial score (nSPS) is 11.6. The van der Waals surface area contributed by atoms with E-state index in [1.165, 1.54) is 18.5 Å². The van der Waals surface area contributed by atoms with Crippen LogP contribution in [0.1, 0.15) is 5.56 Å². The van der Waals surface area contributed by atoms with Crippen LogP contribution in [-0.4, -0.2) is 22.9 Å². The highest BCUT2D eigenvalue weighted by atomic mass is 32.1. The molecule has 1 N–H and O–H groups in total. The van der Waals surface area contributed by atoms with E-state index in [1.54, 1.807) is 23.5 Å². The number of alkyl halides is 3. The Kier molecular flexibility index (Phi) is 5.35. The van der Waals surface area contributed by atoms with E-state index in [2.05, 4.69) is 38.2 Å². The van der Waals surface area contributed by atoms with Gasteiger partial charge in [-0.05, 0) is 35.7 Å². The van der Waals surface area contributed by atoms with Gasteiger partial charge in [0.05, 0.1) is 5.39 Å². The minimum Gasteiger partial charge on any atom is -0.406 e. The lowest BCUT2D eigenvalue weighted by atomic mass is 10.1. The Hall–Kier alpha value is -3.13. The fourth-order valence-corrected chi connectivity index (χ4v) is 3.93. The van der Waals surface area contributed by atoms with Crippen molar-refractivity contribution in [3.05, 3.63) is 72.6 Å². The van der Waals surface area contributed by atoms with Crippen molar-refractivity contribution in [2.45, 2.75) is 12.8 Å². The van der Waals surface area contributed by atoms with Crippen molar-refractivity contribution in [2.24, 2.45) is 0 Å². The number of hydrogen-bond acceptors (Lipinski definition) is 5. The number of benzene rings is 2. The number of rotatable bonds is 6. The predicted molar refractivity (Wildman–Crippen MR) is 108 cm³/mol. The molecule has 8 heteroatoms. The molecular formula is C21H16F3N3OS. The lowest BCUT2D eigenvalue weighted by Gasteiger charge is -2.10. The van der Waals surface area contributed by atoms with E-state index < -0.39 is 6.36 Å². The molecule has 29 heavy (non-hydrogen) atoms. The molecule has 0 atom stereocenters. The van der Waals surface area contributed by atoms with Gasteiger partial charge in [-0.3, -0.25) is 0 Å². The smallest absolute Gasteiger partial charge is 0.406 e. The number of thiophene rings is 1. The highest BCUT2D eigenvalue weighted by molar-refractivity contribution is 7.21. The third-order valence-electron chi connectivity index (χ3n) is 4.25. The largest absolute Gasteiger partial charge is 0.573 e. The average molecular weight is 415 g/mol. The summed E-state index contributed by atoms with van der Waals surface area (Å²) in [6, 6.07) is 18.0. The molecule has 0 spiro atoms. The molecule has 2 heterocycles. The predicted octanol–water partition coefficient (Wildman–Crippen LogP) is 5.91. The van der Waals surface area contributed by atoms with Crippen molar-refractivity contribution in [1.29, 1.82) is 0 Å². The summed E-state index contributed by atoms with van der Waals surface area (Å²) in [4.78, 5) is 10.7. The van der Waals surface area contributed by atoms with Crippen LogP contribution in [0.2, 0.25) is 0 Å². The van der Waals surface area contributed by atoms with Crippen molar-refractivity contribution in [1.82, 2.24) is 9.97 Å². The van der Waals surface area contributed by atoms with E-state index in [9.17, 15) is 13.2 Å². The third-order valence-corrected chi connectivity index (χ3v) is 5.34. The van der Waals surface area contributed by atoms with E-state index in [4.69, 9.17) is 0 Å². The molecule has 0 aliphatic carbocycles. The summed E-state index contributed by atoms with van der Waals surface area (Å²) in [6.07, 6.45) is -2.52. The third kappa shape index (κ3) is 4.83. The minimum atomic E-state index is -4.68. The zero-order valence-corrected chi connectivity index (χ0v) is 15.9. The summed E-state index contributed by atoms with van der Waals surface area (Å²) in [7, 11) is 0. The van der Waals surface area contributed by atoms with Crippen LogP contribution in [0.15, 0.2) is 67.0 Å². The number of halogens is 3. The summed E-state index contributed by atoms with van der Waals surface area (Å²) in [5.74, 6) is 0.517. The van der Waals surface area contributed by atoms with Crippen LogP contribution < -0.4 is 10.1 Å². The zero-order valence-electron chi connectivity index (χ0n) is 15.1. The summed E-state index contributed by atoms with van der Waals surface area (Å²) >= 11 is 1.60. The molecule has 4 nitrogen and oxygen atoms in total. The molecule has 0 unspecified atom stereocenters. The van der Waals surface area contributed by atoms with Crippen LogP contribution in [-0.2, 0) is 6.42 Å². The Morgan fingerprint density at radius 3 is 2.45 bits per heavy atom. The maximum absolute atomic E-state index is 12.2. The number of anilines is 1. The first-order chi connectivity index (χ1) is 14.0. The lowest BCUT2D eigenvalue weighted by Crippen LogP contribution is -2.17. The summed E-state index contributed by atoms with van der Waals surface area (Å²) in [6.45, 7) is 0.585. The Morgan fingerprint density at radius 1 is 0.966 bits per heavy atom. The monoisotopic (exact) mass is 415 g/mol. The molecule has 2 aromatic heterocycles. The molecular weight excluding hydrogens is 399 g/mol. The molecule has 0 saturated heterocycles. The van der Waals surface area contributed by atoms with Gasteiger partial charge in [0, 0.05) is 11.4 Å². The van der Waals surface area contributed by atoms with E-state index in [0.717, 1.165) is 32.0 Å². The quantitative estimate of drug-likeness (QED) is 0.425. The topological polar surface area (TPSA) is 47.0 Å². The molecule has 0 fully saturated rings. The van der Waals surface area contributed by atoms with Gasteiger partial charge in [-0.15, -0.1) is 24.5 Å². The van der Waals surface area contributed by atoms with Gasteiger partial charge in [0.25, 0.3) is 0 Å². The second-order valence-corrected chi connectivity index (χ2v) is 7.32. The zero-order chi connectivity index (χ0) is 20.3. The van der Waals surface area contributed by atoms with E-state index in [0.29, 0.717) is 13.0 Å². The first-order valence-electron chi connectivity index (χ1n) is 8.86. The van der Waals surface area contributed by atoms with E-state index in [-0.39, 0.29) is 5.75 Å². The molecule has 0 bridgehead atoms. The Bertz CT molecular complexity index is 1100. The van der Waals surface area contributed by atoms with Gasteiger partial charge in [0.15, 0.2) is 0 Å². The Balaban J connectivity index is 1.43. The van der Waals surface area contributed by atoms with Crippen LogP contribution in [0.3, 0.4) is 0 Å². The molecule has 148 valence electrons. The number of fused-ring (bicyclic) bond motifs is 1. The first kappa shape index (κ1) is 19.2. The van der Waals surface area contributed by atoms with Gasteiger partial charge in [0.2, 0.25) is 0 Å². The fourth-order valence-electron chi connectivity index (χ4n) is 2.92. The SMILES string of the molecule is FC(F)(F)Oc1ccc(CCNc2ncnc3sc(-c4ccccc4)cc23)cc1. The molecule has 2 aromatic carbocycles. The second kappa shape index (κ2) is 8.08. The van der Waals surface area contributed by atoms with Crippen molar-refractivity contribution in [3.63, 3.8) is 0 Å². The minimum absolute atomic E-state index is 0.224. The van der Waals surface area contributed by atoms with Crippen molar-refractivity contribution in [3.8, 4) is 16.2 Å². The van der Waals surface area contributed by atoms with Crippen LogP contribution in [0.25, 0.3) is 20.7 Å². The number of hydrogen-bond donors (Lipinski definition) is 1. The van der Waals surface area contributed by atoms with Crippen molar-refractivity contribution >= 4 is 27.4 Å². The van der Waals surface area contributed by atoms with Crippen LogP contribution >= 0.6 is 11.3 Å². The molecule has 0 aliphatic rings. The first-order valence-corrected chi connectivity index (χ1v) is 9.68. The second-order valence-electron chi connectivity index (χ2n) is 6.29. The maximum atomic E-state index is 12.2. The van der Waals surface area contributed by atoms with Crippen LogP contribution in [0.5, 0.6) is 5.75 Å². The average Bonchev–Trinajstić information content (AvgIpc) is 3.14. The van der Waals surface area contributed by atoms with Crippen molar-refractivity contribution in [2.75, 3.05) is 11.9 Å². The van der Waals surface area contributed by atoms with Gasteiger partial charge in [-0.25, -0.2) is 9.97 Å². The molecule has 0 aliphatic heterocycles. The molecule has 0 amide bonds. The molecule has 0 saturated carbocycles. The van der Waals surface area contributed by atoms with E-state index in [1.807, 2.05) is 18.2 Å². The number of nitrogens with one attached hydrogen (secondary N) is 1. The summed E-state index contributed by atoms with van der Waals surface area (Å²) in [5.41, 5.74) is 2.02. The van der Waals surface area contributed by atoms with Gasteiger partial charge < -0.3 is 10.1 Å². The fraction of sp³-hybridized carbons (Fsp3) is 0.143. The van der Waals surface area contributed by atoms with Gasteiger partial charge >= 0.3 is 6.36 Å². The molecule has 4 aromatic rings. The molecule has 4 rings (SSSR count). The van der Waals surface area contributed by atoms with Gasteiger partial charge in [0.1, 0.15) is 22.7 Å². The highest BCUT2D eigenvalue weighted by Gasteiger charge is 2.30. The van der Waals surface area contributed by atoms with Gasteiger partial charge in [-0.1, -0.05) is 42.5 Å². The maximum Gasteiger partial charge on any atom is 0.573 e.